The standard InChI is InChI=1S/C27H31N9O2/c1-3-13-34-26(38)22-18-28-27(29-19-7-9-20(10-8-19)33-16-14-32(2)15-17-33)30-25(22)36(34)23-11-12-24(37)35(31-23)21-5-4-6-21/h3,7-12,18,21H,1,4-6,13-17H2,2H3,(H,28,29,30). The summed E-state index contributed by atoms with van der Waals surface area (Å²) in [5, 5.41) is 8.25. The van der Waals surface area contributed by atoms with Crippen LogP contribution in [0.2, 0.25) is 0 Å². The van der Waals surface area contributed by atoms with Gasteiger partial charge in [-0.3, -0.25) is 9.59 Å². The first-order chi connectivity index (χ1) is 18.5. The van der Waals surface area contributed by atoms with Gasteiger partial charge in [0, 0.05) is 49.8 Å². The number of likely N-dealkylation sites (N-methyl/N-ethyl adjacent to an activating group) is 1. The largest absolute Gasteiger partial charge is 0.369 e. The number of nitrogens with zero attached hydrogens (tertiary/aromatic N) is 8. The minimum absolute atomic E-state index is 0.0875. The summed E-state index contributed by atoms with van der Waals surface area (Å²) in [5.41, 5.74) is 2.05. The molecule has 11 nitrogen and oxygen atoms in total. The van der Waals surface area contributed by atoms with Crippen molar-refractivity contribution in [2.75, 3.05) is 43.4 Å². The number of anilines is 3. The van der Waals surface area contributed by atoms with Crippen LogP contribution in [0.1, 0.15) is 25.3 Å². The molecule has 6 rings (SSSR count). The van der Waals surface area contributed by atoms with Gasteiger partial charge in [-0.1, -0.05) is 6.08 Å². The first kappa shape index (κ1) is 24.1. The number of fused-ring (bicyclic) bond motifs is 1. The van der Waals surface area contributed by atoms with Crippen LogP contribution in [0.4, 0.5) is 17.3 Å². The molecule has 1 saturated carbocycles. The smallest absolute Gasteiger partial charge is 0.278 e. The number of aromatic nitrogens is 6. The monoisotopic (exact) mass is 513 g/mol. The zero-order valence-electron chi connectivity index (χ0n) is 21.5. The van der Waals surface area contributed by atoms with E-state index in [0.29, 0.717) is 22.8 Å². The molecule has 196 valence electrons. The topological polar surface area (TPSA) is 106 Å². The quantitative estimate of drug-likeness (QED) is 0.376. The minimum atomic E-state index is -0.244. The van der Waals surface area contributed by atoms with E-state index in [9.17, 15) is 9.59 Å². The lowest BCUT2D eigenvalue weighted by molar-refractivity contribution is 0.277. The van der Waals surface area contributed by atoms with Gasteiger partial charge in [0.05, 0.1) is 12.6 Å². The highest BCUT2D eigenvalue weighted by atomic mass is 16.1. The molecule has 2 fully saturated rings. The Labute approximate surface area is 219 Å². The molecule has 38 heavy (non-hydrogen) atoms. The van der Waals surface area contributed by atoms with Crippen LogP contribution in [-0.4, -0.2) is 67.2 Å². The van der Waals surface area contributed by atoms with Crippen molar-refractivity contribution < 1.29 is 0 Å². The number of hydrogen-bond donors (Lipinski definition) is 1. The third-order valence-electron chi connectivity index (χ3n) is 7.42. The van der Waals surface area contributed by atoms with Crippen LogP contribution >= 0.6 is 0 Å². The molecule has 1 aliphatic carbocycles. The summed E-state index contributed by atoms with van der Waals surface area (Å²) in [4.78, 5) is 39.5. The predicted octanol–water partition coefficient (Wildman–Crippen LogP) is 2.55. The summed E-state index contributed by atoms with van der Waals surface area (Å²) < 4.78 is 4.69. The summed E-state index contributed by atoms with van der Waals surface area (Å²) in [5.74, 6) is 0.813. The van der Waals surface area contributed by atoms with Gasteiger partial charge >= 0.3 is 0 Å². The highest BCUT2D eigenvalue weighted by Gasteiger charge is 2.24. The Kier molecular flexibility index (Phi) is 6.28. The lowest BCUT2D eigenvalue weighted by atomic mass is 9.93. The first-order valence-electron chi connectivity index (χ1n) is 13.0. The van der Waals surface area contributed by atoms with Gasteiger partial charge in [0.25, 0.3) is 11.1 Å². The number of benzene rings is 1. The van der Waals surface area contributed by atoms with Crippen molar-refractivity contribution in [1.29, 1.82) is 0 Å². The highest BCUT2D eigenvalue weighted by Crippen LogP contribution is 2.29. The van der Waals surface area contributed by atoms with Crippen molar-refractivity contribution in [1.82, 2.24) is 34.0 Å². The fourth-order valence-electron chi connectivity index (χ4n) is 4.98. The molecule has 1 N–H and O–H groups in total. The Morgan fingerprint density at radius 2 is 1.82 bits per heavy atom. The second kappa shape index (κ2) is 9.90. The van der Waals surface area contributed by atoms with Crippen LogP contribution in [-0.2, 0) is 6.54 Å². The van der Waals surface area contributed by atoms with Crippen LogP contribution in [0.25, 0.3) is 16.9 Å². The average molecular weight is 514 g/mol. The van der Waals surface area contributed by atoms with E-state index in [0.717, 1.165) is 51.1 Å². The molecule has 0 amide bonds. The number of rotatable bonds is 7. The van der Waals surface area contributed by atoms with E-state index < -0.39 is 0 Å². The maximum absolute atomic E-state index is 13.2. The van der Waals surface area contributed by atoms with E-state index >= 15 is 0 Å². The second-order valence-electron chi connectivity index (χ2n) is 9.94. The molecule has 4 aromatic rings. The van der Waals surface area contributed by atoms with Crippen molar-refractivity contribution in [2.24, 2.45) is 0 Å². The van der Waals surface area contributed by atoms with E-state index in [-0.39, 0.29) is 23.7 Å². The first-order valence-corrected chi connectivity index (χ1v) is 13.0. The normalized spacial score (nSPS) is 16.5. The maximum atomic E-state index is 13.2. The van der Waals surface area contributed by atoms with E-state index in [1.807, 2.05) is 12.1 Å². The van der Waals surface area contributed by atoms with Gasteiger partial charge in [-0.25, -0.2) is 19.0 Å². The van der Waals surface area contributed by atoms with E-state index in [1.165, 1.54) is 27.3 Å². The summed E-state index contributed by atoms with van der Waals surface area (Å²) in [6, 6.07) is 11.4. The van der Waals surface area contributed by atoms with Crippen LogP contribution in [0, 0.1) is 0 Å². The lowest BCUT2D eigenvalue weighted by Crippen LogP contribution is -2.44. The summed E-state index contributed by atoms with van der Waals surface area (Å²) in [6.07, 6.45) is 6.10. The number of piperazine rings is 1. The van der Waals surface area contributed by atoms with Crippen LogP contribution in [0.3, 0.4) is 0 Å². The fourth-order valence-corrected chi connectivity index (χ4v) is 4.98. The van der Waals surface area contributed by atoms with Crippen molar-refractivity contribution in [3.05, 3.63) is 76.0 Å². The molecule has 1 aromatic carbocycles. The third kappa shape index (κ3) is 4.38. The van der Waals surface area contributed by atoms with Crippen LogP contribution in [0.5, 0.6) is 0 Å². The molecule has 2 aliphatic rings. The zero-order valence-corrected chi connectivity index (χ0v) is 21.5. The van der Waals surface area contributed by atoms with Gasteiger partial charge in [0.2, 0.25) is 5.95 Å². The van der Waals surface area contributed by atoms with Gasteiger partial charge in [-0.2, -0.15) is 4.98 Å². The van der Waals surface area contributed by atoms with Crippen molar-refractivity contribution >= 4 is 28.4 Å². The number of nitrogens with one attached hydrogen (secondary N) is 1. The zero-order chi connectivity index (χ0) is 26.2. The molecule has 0 atom stereocenters. The molecule has 1 aliphatic heterocycles. The molecule has 11 heteroatoms. The molecule has 1 saturated heterocycles. The summed E-state index contributed by atoms with van der Waals surface area (Å²) in [6.45, 7) is 8.17. The molecule has 0 bridgehead atoms. The Morgan fingerprint density at radius 1 is 1.05 bits per heavy atom. The Morgan fingerprint density at radius 3 is 2.50 bits per heavy atom. The molecule has 0 spiro atoms. The Balaban J connectivity index is 1.35. The minimum Gasteiger partial charge on any atom is -0.369 e. The second-order valence-corrected chi connectivity index (χ2v) is 9.94. The van der Waals surface area contributed by atoms with E-state index in [2.05, 4.69) is 51.0 Å². The molecule has 4 heterocycles. The van der Waals surface area contributed by atoms with Crippen LogP contribution < -0.4 is 21.3 Å². The molecule has 3 aromatic heterocycles. The highest BCUT2D eigenvalue weighted by molar-refractivity contribution is 5.77. The van der Waals surface area contributed by atoms with Gasteiger partial charge in [-0.15, -0.1) is 11.7 Å². The van der Waals surface area contributed by atoms with Crippen molar-refractivity contribution in [3.63, 3.8) is 0 Å². The molecular formula is C27H31N9O2. The van der Waals surface area contributed by atoms with E-state index in [1.54, 1.807) is 16.8 Å². The van der Waals surface area contributed by atoms with Gasteiger partial charge in [0.1, 0.15) is 5.39 Å². The van der Waals surface area contributed by atoms with E-state index in [4.69, 9.17) is 4.98 Å². The SMILES string of the molecule is C=CCn1c(=O)c2cnc(Nc3ccc(N4CCN(C)CC4)cc3)nc2n1-c1ccc(=O)n(C2CCC2)n1. The Hall–Kier alpha value is -4.25. The molecule has 0 radical (unpaired) electrons. The summed E-state index contributed by atoms with van der Waals surface area (Å²) in [7, 11) is 2.15. The molecular weight excluding hydrogens is 482 g/mol. The van der Waals surface area contributed by atoms with Gasteiger partial charge in [-0.05, 0) is 56.6 Å². The van der Waals surface area contributed by atoms with Crippen molar-refractivity contribution in [2.45, 2.75) is 31.8 Å². The van der Waals surface area contributed by atoms with Gasteiger partial charge in [0.15, 0.2) is 11.5 Å². The maximum Gasteiger partial charge on any atom is 0.278 e. The fraction of sp³-hybridized carbons (Fsp3) is 0.370. The van der Waals surface area contributed by atoms with Gasteiger partial charge < -0.3 is 15.1 Å². The van der Waals surface area contributed by atoms with Crippen molar-refractivity contribution in [3.8, 4) is 5.82 Å². The molecule has 0 unspecified atom stereocenters. The third-order valence-corrected chi connectivity index (χ3v) is 7.42. The van der Waals surface area contributed by atoms with Crippen LogP contribution in [0.15, 0.2) is 64.8 Å². The lowest BCUT2D eigenvalue weighted by Gasteiger charge is -2.34. The Bertz CT molecular complexity index is 1590. The average Bonchev–Trinajstić information content (AvgIpc) is 3.16. The number of hydrogen-bond acceptors (Lipinski definition) is 8. The number of allylic oxidation sites excluding steroid dienone is 1. The predicted molar refractivity (Wildman–Crippen MR) is 148 cm³/mol. The summed E-state index contributed by atoms with van der Waals surface area (Å²) >= 11 is 0.